The maximum atomic E-state index is 12.4. The quantitative estimate of drug-likeness (QED) is 0.738. The van der Waals surface area contributed by atoms with Gasteiger partial charge in [0, 0.05) is 35.7 Å². The third kappa shape index (κ3) is 5.85. The van der Waals surface area contributed by atoms with Crippen molar-refractivity contribution >= 4 is 29.1 Å². The minimum Gasteiger partial charge on any atom is -0.379 e. The van der Waals surface area contributed by atoms with E-state index < -0.39 is 0 Å². The highest BCUT2D eigenvalue weighted by molar-refractivity contribution is 6.36. The van der Waals surface area contributed by atoms with E-state index in [9.17, 15) is 4.79 Å². The molecule has 1 aliphatic rings. The van der Waals surface area contributed by atoms with Crippen molar-refractivity contribution in [2.75, 3.05) is 32.8 Å². The van der Waals surface area contributed by atoms with Gasteiger partial charge in [-0.25, -0.2) is 0 Å². The highest BCUT2D eigenvalue weighted by Gasteiger charge is 2.27. The maximum absolute atomic E-state index is 12.4. The first-order valence-electron chi connectivity index (χ1n) is 9.08. The lowest BCUT2D eigenvalue weighted by atomic mass is 9.92. The molecule has 1 amide bonds. The number of halogens is 2. The van der Waals surface area contributed by atoms with Gasteiger partial charge >= 0.3 is 0 Å². The summed E-state index contributed by atoms with van der Waals surface area (Å²) in [5, 5.41) is 4.16. The Bertz CT molecular complexity index is 538. The monoisotopic (exact) mass is 386 g/mol. The van der Waals surface area contributed by atoms with Gasteiger partial charge in [-0.05, 0) is 23.6 Å². The van der Waals surface area contributed by atoms with Gasteiger partial charge in [-0.15, -0.1) is 0 Å². The molecule has 0 radical (unpaired) electrons. The first kappa shape index (κ1) is 20.5. The fourth-order valence-electron chi connectivity index (χ4n) is 3.48. The average Bonchev–Trinajstić information content (AvgIpc) is 2.62. The van der Waals surface area contributed by atoms with E-state index in [0.717, 1.165) is 39.1 Å². The second-order valence-corrected chi connectivity index (χ2v) is 7.29. The van der Waals surface area contributed by atoms with Crippen LogP contribution in [0.25, 0.3) is 0 Å². The van der Waals surface area contributed by atoms with Crippen LogP contribution in [-0.2, 0) is 16.0 Å². The number of amides is 1. The first-order valence-corrected chi connectivity index (χ1v) is 9.83. The lowest BCUT2D eigenvalue weighted by Crippen LogP contribution is -2.52. The third-order valence-corrected chi connectivity index (χ3v) is 5.72. The molecule has 1 heterocycles. The number of hydrogen-bond acceptors (Lipinski definition) is 3. The van der Waals surface area contributed by atoms with Gasteiger partial charge in [0.05, 0.1) is 19.6 Å². The zero-order chi connectivity index (χ0) is 18.2. The molecule has 0 aromatic heterocycles. The molecule has 0 spiro atoms. The van der Waals surface area contributed by atoms with Crippen LogP contribution in [0.1, 0.15) is 32.3 Å². The molecule has 0 bridgehead atoms. The number of carbonyl (C=O) groups excluding carboxylic acids is 1. The number of nitrogens with zero attached hydrogens (tertiary/aromatic N) is 1. The van der Waals surface area contributed by atoms with Gasteiger partial charge in [0.1, 0.15) is 0 Å². The van der Waals surface area contributed by atoms with Crippen molar-refractivity contribution < 1.29 is 9.53 Å². The molecule has 4 nitrogen and oxygen atoms in total. The van der Waals surface area contributed by atoms with Crippen LogP contribution in [0, 0.1) is 5.92 Å². The SMILES string of the molecule is CCC(CC)C(CNC(=O)Cc1c(Cl)cccc1Cl)N1CCOCC1. The Hall–Kier alpha value is -0.810. The Kier molecular flexibility index (Phi) is 8.50. The molecule has 1 aromatic rings. The fraction of sp³-hybridized carbons (Fsp3) is 0.632. The molecule has 1 aromatic carbocycles. The Morgan fingerprint density at radius 1 is 1.20 bits per heavy atom. The van der Waals surface area contributed by atoms with Gasteiger partial charge in [0.15, 0.2) is 0 Å². The van der Waals surface area contributed by atoms with Crippen molar-refractivity contribution in [3.63, 3.8) is 0 Å². The summed E-state index contributed by atoms with van der Waals surface area (Å²) in [7, 11) is 0. The Morgan fingerprint density at radius 3 is 2.36 bits per heavy atom. The molecule has 1 N–H and O–H groups in total. The van der Waals surface area contributed by atoms with E-state index in [-0.39, 0.29) is 12.3 Å². The zero-order valence-corrected chi connectivity index (χ0v) is 16.6. The number of hydrogen-bond donors (Lipinski definition) is 1. The van der Waals surface area contributed by atoms with Gasteiger partial charge in [0.25, 0.3) is 0 Å². The largest absolute Gasteiger partial charge is 0.379 e. The zero-order valence-electron chi connectivity index (χ0n) is 15.1. The van der Waals surface area contributed by atoms with Gasteiger partial charge in [-0.3, -0.25) is 9.69 Å². The van der Waals surface area contributed by atoms with Crippen LogP contribution in [0.5, 0.6) is 0 Å². The van der Waals surface area contributed by atoms with Crippen molar-refractivity contribution in [1.29, 1.82) is 0 Å². The molecule has 1 saturated heterocycles. The average molecular weight is 387 g/mol. The topological polar surface area (TPSA) is 41.6 Å². The molecular weight excluding hydrogens is 359 g/mol. The van der Waals surface area contributed by atoms with Gasteiger partial charge in [-0.1, -0.05) is 56.0 Å². The molecule has 140 valence electrons. The number of morpholine rings is 1. The first-order chi connectivity index (χ1) is 12.1. The Morgan fingerprint density at radius 2 is 1.80 bits per heavy atom. The van der Waals surface area contributed by atoms with Crippen LogP contribution in [-0.4, -0.2) is 49.7 Å². The summed E-state index contributed by atoms with van der Waals surface area (Å²) >= 11 is 12.3. The number of nitrogens with one attached hydrogen (secondary N) is 1. The molecule has 6 heteroatoms. The summed E-state index contributed by atoms with van der Waals surface area (Å²) in [6.45, 7) is 8.45. The van der Waals surface area contributed by atoms with Crippen molar-refractivity contribution in [2.24, 2.45) is 5.92 Å². The summed E-state index contributed by atoms with van der Waals surface area (Å²) in [5.41, 5.74) is 0.689. The molecule has 0 aliphatic carbocycles. The molecule has 0 saturated carbocycles. The van der Waals surface area contributed by atoms with Gasteiger partial charge in [0.2, 0.25) is 5.91 Å². The van der Waals surface area contributed by atoms with Gasteiger partial charge in [-0.2, -0.15) is 0 Å². The molecule has 1 unspecified atom stereocenters. The highest BCUT2D eigenvalue weighted by Crippen LogP contribution is 2.25. The van der Waals surface area contributed by atoms with E-state index in [1.165, 1.54) is 0 Å². The minimum atomic E-state index is -0.0424. The normalized spacial score (nSPS) is 16.8. The lowest BCUT2D eigenvalue weighted by Gasteiger charge is -2.38. The second kappa shape index (κ2) is 10.4. The van der Waals surface area contributed by atoms with Crippen LogP contribution >= 0.6 is 23.2 Å². The number of rotatable bonds is 8. The predicted molar refractivity (Wildman–Crippen MR) is 103 cm³/mol. The Labute approximate surface area is 160 Å². The minimum absolute atomic E-state index is 0.0424. The van der Waals surface area contributed by atoms with Crippen LogP contribution in [0.15, 0.2) is 18.2 Å². The second-order valence-electron chi connectivity index (χ2n) is 6.47. The number of carbonyl (C=O) groups is 1. The highest BCUT2D eigenvalue weighted by atomic mass is 35.5. The predicted octanol–water partition coefficient (Wildman–Crippen LogP) is 3.79. The van der Waals surface area contributed by atoms with Crippen LogP contribution in [0.4, 0.5) is 0 Å². The summed E-state index contributed by atoms with van der Waals surface area (Å²) < 4.78 is 5.47. The van der Waals surface area contributed by atoms with Crippen molar-refractivity contribution in [3.05, 3.63) is 33.8 Å². The Balaban J connectivity index is 1.97. The molecular formula is C19H28Cl2N2O2. The molecule has 1 atom stereocenters. The number of ether oxygens (including phenoxy) is 1. The van der Waals surface area contributed by atoms with Crippen molar-refractivity contribution in [2.45, 2.75) is 39.2 Å². The van der Waals surface area contributed by atoms with Crippen LogP contribution < -0.4 is 5.32 Å². The van der Waals surface area contributed by atoms with Crippen LogP contribution in [0.2, 0.25) is 10.0 Å². The third-order valence-electron chi connectivity index (χ3n) is 5.01. The molecule has 1 fully saturated rings. The van der Waals surface area contributed by atoms with E-state index >= 15 is 0 Å². The maximum Gasteiger partial charge on any atom is 0.224 e. The van der Waals surface area contributed by atoms with Crippen LogP contribution in [0.3, 0.4) is 0 Å². The van der Waals surface area contributed by atoms with E-state index in [0.29, 0.717) is 34.1 Å². The lowest BCUT2D eigenvalue weighted by molar-refractivity contribution is -0.121. The van der Waals surface area contributed by atoms with Crippen molar-refractivity contribution in [3.8, 4) is 0 Å². The standard InChI is InChI=1S/C19H28Cl2N2O2/c1-3-14(4-2)18(23-8-10-25-11-9-23)13-22-19(24)12-15-16(20)6-5-7-17(15)21/h5-7,14,18H,3-4,8-13H2,1-2H3,(H,22,24). The summed E-state index contributed by atoms with van der Waals surface area (Å²) in [4.78, 5) is 14.9. The summed E-state index contributed by atoms with van der Waals surface area (Å²) in [6.07, 6.45) is 2.41. The van der Waals surface area contributed by atoms with E-state index in [4.69, 9.17) is 27.9 Å². The number of benzene rings is 1. The van der Waals surface area contributed by atoms with Crippen molar-refractivity contribution in [1.82, 2.24) is 10.2 Å². The van der Waals surface area contributed by atoms with Gasteiger partial charge < -0.3 is 10.1 Å². The van der Waals surface area contributed by atoms with E-state index in [1.807, 2.05) is 0 Å². The summed E-state index contributed by atoms with van der Waals surface area (Å²) in [5.74, 6) is 0.515. The smallest absolute Gasteiger partial charge is 0.224 e. The molecule has 25 heavy (non-hydrogen) atoms. The van der Waals surface area contributed by atoms with E-state index in [1.54, 1.807) is 18.2 Å². The summed E-state index contributed by atoms with van der Waals surface area (Å²) in [6, 6.07) is 5.64. The molecule has 2 rings (SSSR count). The fourth-order valence-corrected chi connectivity index (χ4v) is 4.01. The molecule has 1 aliphatic heterocycles. The van der Waals surface area contributed by atoms with E-state index in [2.05, 4.69) is 24.1 Å².